The van der Waals surface area contributed by atoms with Crippen LogP contribution < -0.4 is 5.32 Å². The van der Waals surface area contributed by atoms with E-state index in [4.69, 9.17) is 0 Å². The molecular formula is C12H23NO. The number of hydrogen-bond acceptors (Lipinski definition) is 2. The summed E-state index contributed by atoms with van der Waals surface area (Å²) < 4.78 is 0. The minimum absolute atomic E-state index is 0.170. The van der Waals surface area contributed by atoms with Crippen molar-refractivity contribution in [3.63, 3.8) is 0 Å². The lowest BCUT2D eigenvalue weighted by atomic mass is 9.80. The lowest BCUT2D eigenvalue weighted by molar-refractivity contribution is -0.129. The first-order chi connectivity index (χ1) is 6.70. The average molecular weight is 197 g/mol. The molecule has 2 nitrogen and oxygen atoms in total. The first kappa shape index (κ1) is 11.7. The number of Topliss-reactive ketones (excluding diaryl/α,β-unsaturated/α-hetero) is 1. The van der Waals surface area contributed by atoms with E-state index in [1.54, 1.807) is 0 Å². The number of nitrogens with one attached hydrogen (secondary N) is 1. The van der Waals surface area contributed by atoms with Crippen LogP contribution in [0.15, 0.2) is 0 Å². The minimum Gasteiger partial charge on any atom is -0.305 e. The number of rotatable bonds is 5. The van der Waals surface area contributed by atoms with Crippen molar-refractivity contribution >= 4 is 5.78 Å². The second kappa shape index (κ2) is 4.92. The second-order valence-electron chi connectivity index (χ2n) is 4.34. The first-order valence-corrected chi connectivity index (χ1v) is 5.99. The van der Waals surface area contributed by atoms with E-state index in [0.717, 1.165) is 38.6 Å². The molecule has 2 heteroatoms. The molecule has 0 aliphatic carbocycles. The van der Waals surface area contributed by atoms with Crippen molar-refractivity contribution in [2.24, 2.45) is 5.92 Å². The predicted molar refractivity (Wildman–Crippen MR) is 59.3 cm³/mol. The Morgan fingerprint density at radius 2 is 2.00 bits per heavy atom. The standard InChI is InChI=1S/C12H23NO/c1-4-10(5-2)11(14)12(6-3)8-7-9-13-12/h10,13H,4-9H2,1-3H3. The molecule has 0 bridgehead atoms. The van der Waals surface area contributed by atoms with E-state index < -0.39 is 0 Å². The van der Waals surface area contributed by atoms with Crippen molar-refractivity contribution in [1.29, 1.82) is 0 Å². The summed E-state index contributed by atoms with van der Waals surface area (Å²) in [4.78, 5) is 12.3. The van der Waals surface area contributed by atoms with Crippen LogP contribution in [-0.2, 0) is 4.79 Å². The van der Waals surface area contributed by atoms with Gasteiger partial charge >= 0.3 is 0 Å². The van der Waals surface area contributed by atoms with Crippen LogP contribution in [0.3, 0.4) is 0 Å². The van der Waals surface area contributed by atoms with Gasteiger partial charge in [0.05, 0.1) is 5.54 Å². The van der Waals surface area contributed by atoms with Crippen LogP contribution in [0.2, 0.25) is 0 Å². The summed E-state index contributed by atoms with van der Waals surface area (Å²) >= 11 is 0. The summed E-state index contributed by atoms with van der Waals surface area (Å²) in [5.74, 6) is 0.725. The van der Waals surface area contributed by atoms with Gasteiger partial charge in [0.15, 0.2) is 5.78 Å². The van der Waals surface area contributed by atoms with E-state index in [9.17, 15) is 4.79 Å². The van der Waals surface area contributed by atoms with Crippen LogP contribution in [0, 0.1) is 5.92 Å². The molecule has 0 amide bonds. The fourth-order valence-corrected chi connectivity index (χ4v) is 2.54. The van der Waals surface area contributed by atoms with Gasteiger partial charge in [-0.3, -0.25) is 4.79 Å². The molecule has 1 aliphatic rings. The predicted octanol–water partition coefficient (Wildman–Crippen LogP) is 2.52. The fourth-order valence-electron chi connectivity index (χ4n) is 2.54. The van der Waals surface area contributed by atoms with Crippen molar-refractivity contribution in [2.45, 2.75) is 58.4 Å². The van der Waals surface area contributed by atoms with Crippen molar-refractivity contribution in [3.8, 4) is 0 Å². The molecule has 14 heavy (non-hydrogen) atoms. The Bertz CT molecular complexity index is 190. The van der Waals surface area contributed by atoms with Gasteiger partial charge in [-0.15, -0.1) is 0 Å². The van der Waals surface area contributed by atoms with Crippen LogP contribution in [0.5, 0.6) is 0 Å². The van der Waals surface area contributed by atoms with E-state index in [0.29, 0.717) is 5.78 Å². The molecular weight excluding hydrogens is 174 g/mol. The smallest absolute Gasteiger partial charge is 0.155 e. The molecule has 1 heterocycles. The van der Waals surface area contributed by atoms with Gasteiger partial charge in [0.25, 0.3) is 0 Å². The molecule has 1 unspecified atom stereocenters. The molecule has 82 valence electrons. The van der Waals surface area contributed by atoms with Gasteiger partial charge in [-0.2, -0.15) is 0 Å². The summed E-state index contributed by atoms with van der Waals surface area (Å²) in [5.41, 5.74) is -0.170. The quantitative estimate of drug-likeness (QED) is 0.733. The zero-order valence-electron chi connectivity index (χ0n) is 9.73. The number of carbonyl (C=O) groups excluding carboxylic acids is 1. The van der Waals surface area contributed by atoms with E-state index in [1.165, 1.54) is 0 Å². The van der Waals surface area contributed by atoms with Crippen LogP contribution >= 0.6 is 0 Å². The molecule has 0 aromatic carbocycles. The largest absolute Gasteiger partial charge is 0.305 e. The van der Waals surface area contributed by atoms with Gasteiger partial charge in [-0.05, 0) is 38.6 Å². The second-order valence-corrected chi connectivity index (χ2v) is 4.34. The van der Waals surface area contributed by atoms with Crippen LogP contribution in [-0.4, -0.2) is 17.9 Å². The Balaban J connectivity index is 2.73. The third-order valence-corrected chi connectivity index (χ3v) is 3.68. The average Bonchev–Trinajstić information content (AvgIpc) is 2.69. The molecule has 1 atom stereocenters. The Labute approximate surface area is 87.5 Å². The normalized spacial score (nSPS) is 27.1. The summed E-state index contributed by atoms with van der Waals surface area (Å²) in [6, 6.07) is 0. The van der Waals surface area contributed by atoms with E-state index in [2.05, 4.69) is 26.1 Å². The van der Waals surface area contributed by atoms with Gasteiger partial charge in [-0.25, -0.2) is 0 Å². The Hall–Kier alpha value is -0.370. The van der Waals surface area contributed by atoms with Crippen molar-refractivity contribution in [3.05, 3.63) is 0 Å². The Morgan fingerprint density at radius 1 is 1.36 bits per heavy atom. The van der Waals surface area contributed by atoms with E-state index in [-0.39, 0.29) is 11.5 Å². The number of ketones is 1. The van der Waals surface area contributed by atoms with Crippen molar-refractivity contribution < 1.29 is 4.79 Å². The zero-order chi connectivity index (χ0) is 10.6. The maximum absolute atomic E-state index is 12.3. The molecule has 0 radical (unpaired) electrons. The SMILES string of the molecule is CCC(CC)C(=O)C1(CC)CCCN1. The lowest BCUT2D eigenvalue weighted by Crippen LogP contribution is -2.49. The van der Waals surface area contributed by atoms with Gasteiger partial charge in [-0.1, -0.05) is 20.8 Å². The highest BCUT2D eigenvalue weighted by Gasteiger charge is 2.40. The van der Waals surface area contributed by atoms with Crippen molar-refractivity contribution in [1.82, 2.24) is 5.32 Å². The van der Waals surface area contributed by atoms with E-state index in [1.807, 2.05) is 0 Å². The topological polar surface area (TPSA) is 29.1 Å². The third-order valence-electron chi connectivity index (χ3n) is 3.68. The number of carbonyl (C=O) groups is 1. The molecule has 0 aromatic rings. The van der Waals surface area contributed by atoms with Crippen LogP contribution in [0.25, 0.3) is 0 Å². The monoisotopic (exact) mass is 197 g/mol. The van der Waals surface area contributed by atoms with Gasteiger partial charge in [0.2, 0.25) is 0 Å². The first-order valence-electron chi connectivity index (χ1n) is 5.99. The van der Waals surface area contributed by atoms with Crippen molar-refractivity contribution in [2.75, 3.05) is 6.54 Å². The maximum atomic E-state index is 12.3. The summed E-state index contributed by atoms with van der Waals surface area (Å²) in [7, 11) is 0. The number of hydrogen-bond donors (Lipinski definition) is 1. The van der Waals surface area contributed by atoms with Crippen LogP contribution in [0.4, 0.5) is 0 Å². The summed E-state index contributed by atoms with van der Waals surface area (Å²) in [5, 5.41) is 3.42. The highest BCUT2D eigenvalue weighted by molar-refractivity contribution is 5.90. The highest BCUT2D eigenvalue weighted by Crippen LogP contribution is 2.29. The molecule has 1 N–H and O–H groups in total. The van der Waals surface area contributed by atoms with Gasteiger partial charge in [0, 0.05) is 5.92 Å². The fraction of sp³-hybridized carbons (Fsp3) is 0.917. The molecule has 0 aromatic heterocycles. The van der Waals surface area contributed by atoms with Crippen LogP contribution in [0.1, 0.15) is 52.9 Å². The molecule has 0 saturated carbocycles. The zero-order valence-corrected chi connectivity index (χ0v) is 9.73. The lowest BCUT2D eigenvalue weighted by Gasteiger charge is -2.30. The third kappa shape index (κ3) is 2.00. The van der Waals surface area contributed by atoms with Gasteiger partial charge < -0.3 is 5.32 Å². The summed E-state index contributed by atoms with van der Waals surface area (Å²) in [6.07, 6.45) is 5.11. The van der Waals surface area contributed by atoms with Gasteiger partial charge in [0.1, 0.15) is 0 Å². The maximum Gasteiger partial charge on any atom is 0.155 e. The molecule has 1 aliphatic heterocycles. The van der Waals surface area contributed by atoms with E-state index >= 15 is 0 Å². The molecule has 1 fully saturated rings. The molecule has 1 saturated heterocycles. The Kier molecular flexibility index (Phi) is 4.11. The molecule has 0 spiro atoms. The molecule has 1 rings (SSSR count). The minimum atomic E-state index is -0.170. The Morgan fingerprint density at radius 3 is 2.36 bits per heavy atom. The highest BCUT2D eigenvalue weighted by atomic mass is 16.1. The summed E-state index contributed by atoms with van der Waals surface area (Å²) in [6.45, 7) is 7.37.